The summed E-state index contributed by atoms with van der Waals surface area (Å²) in [5, 5.41) is 9.49. The molecule has 0 bridgehead atoms. The molecule has 2 aliphatic carbocycles. The third-order valence-corrected chi connectivity index (χ3v) is 6.71. The summed E-state index contributed by atoms with van der Waals surface area (Å²) < 4.78 is 30.9. The van der Waals surface area contributed by atoms with E-state index in [-0.39, 0.29) is 24.4 Å². The lowest BCUT2D eigenvalue weighted by Gasteiger charge is -2.35. The number of aliphatic carboxylic acids is 1. The Balaban J connectivity index is 1.24. The summed E-state index contributed by atoms with van der Waals surface area (Å²) in [6.45, 7) is 2.62. The van der Waals surface area contributed by atoms with E-state index in [2.05, 4.69) is 0 Å². The van der Waals surface area contributed by atoms with Gasteiger partial charge in [-0.1, -0.05) is 19.1 Å². The first kappa shape index (κ1) is 22.6. The maximum Gasteiger partial charge on any atom is 0.306 e. The van der Waals surface area contributed by atoms with Gasteiger partial charge in [-0.3, -0.25) is 4.79 Å². The van der Waals surface area contributed by atoms with Crippen LogP contribution in [0.25, 0.3) is 0 Å². The van der Waals surface area contributed by atoms with Crippen LogP contribution >= 0.6 is 0 Å². The molecule has 172 valence electrons. The molecule has 0 radical (unpaired) electrons. The van der Waals surface area contributed by atoms with Gasteiger partial charge in [-0.15, -0.1) is 0 Å². The minimum Gasteiger partial charge on any atom is -0.497 e. The fourth-order valence-electron chi connectivity index (χ4n) is 4.55. The average Bonchev–Trinajstić information content (AvgIpc) is 3.59. The number of ether oxygens (including phenoxy) is 3. The normalized spacial score (nSPS) is 22.0. The van der Waals surface area contributed by atoms with E-state index in [1.165, 1.54) is 6.07 Å². The molecule has 0 saturated heterocycles. The molecular weight excluding hydrogens is 411 g/mol. The second-order valence-corrected chi connectivity index (χ2v) is 9.10. The highest BCUT2D eigenvalue weighted by molar-refractivity contribution is 5.71. The lowest BCUT2D eigenvalue weighted by molar-refractivity contribution is -0.142. The van der Waals surface area contributed by atoms with Gasteiger partial charge >= 0.3 is 5.97 Å². The molecule has 0 amide bonds. The Kier molecular flexibility index (Phi) is 6.99. The second-order valence-electron chi connectivity index (χ2n) is 9.10. The van der Waals surface area contributed by atoms with Gasteiger partial charge in [0, 0.05) is 5.56 Å². The number of benzene rings is 2. The molecule has 2 aliphatic rings. The van der Waals surface area contributed by atoms with Crippen molar-refractivity contribution in [2.75, 3.05) is 13.7 Å². The molecule has 2 aromatic rings. The second kappa shape index (κ2) is 9.90. The highest BCUT2D eigenvalue weighted by atomic mass is 19.1. The first-order valence-corrected chi connectivity index (χ1v) is 11.3. The van der Waals surface area contributed by atoms with Crippen molar-refractivity contribution >= 4 is 5.97 Å². The van der Waals surface area contributed by atoms with Gasteiger partial charge in [0.05, 0.1) is 32.3 Å². The van der Waals surface area contributed by atoms with Gasteiger partial charge in [0.25, 0.3) is 0 Å². The Labute approximate surface area is 188 Å². The highest BCUT2D eigenvalue weighted by Gasteiger charge is 2.38. The van der Waals surface area contributed by atoms with E-state index >= 15 is 0 Å². The molecule has 2 atom stereocenters. The number of carboxylic acid groups (broad SMARTS) is 1. The zero-order valence-corrected chi connectivity index (χ0v) is 18.6. The monoisotopic (exact) mass is 442 g/mol. The summed E-state index contributed by atoms with van der Waals surface area (Å²) in [4.78, 5) is 11.5. The van der Waals surface area contributed by atoms with Crippen molar-refractivity contribution < 1.29 is 28.5 Å². The van der Waals surface area contributed by atoms with E-state index in [4.69, 9.17) is 14.2 Å². The third-order valence-electron chi connectivity index (χ3n) is 6.71. The maximum absolute atomic E-state index is 13.9. The van der Waals surface area contributed by atoms with Gasteiger partial charge in [-0.2, -0.15) is 0 Å². The first-order valence-electron chi connectivity index (χ1n) is 11.3. The fraction of sp³-hybridized carbons (Fsp3) is 0.500. The van der Waals surface area contributed by atoms with Crippen molar-refractivity contribution in [3.05, 3.63) is 59.4 Å². The van der Waals surface area contributed by atoms with Crippen LogP contribution in [0.3, 0.4) is 0 Å². The van der Waals surface area contributed by atoms with Gasteiger partial charge in [0.15, 0.2) is 0 Å². The molecule has 5 nitrogen and oxygen atoms in total. The van der Waals surface area contributed by atoms with Crippen LogP contribution < -0.4 is 9.47 Å². The molecule has 0 aromatic heterocycles. The molecular formula is C26H31FO5. The molecule has 2 aromatic carbocycles. The summed E-state index contributed by atoms with van der Waals surface area (Å²) >= 11 is 0. The SMILES string of the molecule is COc1ccc(F)c(COC2CC(COc3cccc([C@H](C4CC4)[C@H](C)C(=O)O)c3)C2)c1. The number of hydrogen-bond acceptors (Lipinski definition) is 4. The molecule has 0 unspecified atom stereocenters. The van der Waals surface area contributed by atoms with Gasteiger partial charge in [0.1, 0.15) is 17.3 Å². The summed E-state index contributed by atoms with van der Waals surface area (Å²) in [5.41, 5.74) is 1.55. The smallest absolute Gasteiger partial charge is 0.306 e. The van der Waals surface area contributed by atoms with Crippen molar-refractivity contribution in [2.24, 2.45) is 17.8 Å². The van der Waals surface area contributed by atoms with Crippen molar-refractivity contribution in [3.8, 4) is 11.5 Å². The lowest BCUT2D eigenvalue weighted by Crippen LogP contribution is -2.34. The number of rotatable bonds is 11. The van der Waals surface area contributed by atoms with E-state index in [9.17, 15) is 14.3 Å². The van der Waals surface area contributed by atoms with E-state index in [1.807, 2.05) is 24.3 Å². The largest absolute Gasteiger partial charge is 0.497 e. The van der Waals surface area contributed by atoms with Crippen LogP contribution in [0, 0.1) is 23.6 Å². The Hall–Kier alpha value is -2.60. The minimum atomic E-state index is -0.748. The number of carbonyl (C=O) groups is 1. The highest BCUT2D eigenvalue weighted by Crippen LogP contribution is 2.47. The third kappa shape index (κ3) is 5.41. The number of carboxylic acids is 1. The van der Waals surface area contributed by atoms with Crippen molar-refractivity contribution in [2.45, 2.75) is 51.2 Å². The predicted octanol–water partition coefficient (Wildman–Crippen LogP) is 5.42. The fourth-order valence-corrected chi connectivity index (χ4v) is 4.55. The zero-order chi connectivity index (χ0) is 22.7. The Morgan fingerprint density at radius 1 is 1.16 bits per heavy atom. The molecule has 2 fully saturated rings. The van der Waals surface area contributed by atoms with Gasteiger partial charge < -0.3 is 19.3 Å². The zero-order valence-electron chi connectivity index (χ0n) is 18.6. The summed E-state index contributed by atoms with van der Waals surface area (Å²) in [7, 11) is 1.56. The molecule has 1 N–H and O–H groups in total. The van der Waals surface area contributed by atoms with Crippen LogP contribution in [0.5, 0.6) is 11.5 Å². The van der Waals surface area contributed by atoms with Crippen LogP contribution in [0.1, 0.15) is 49.7 Å². The Morgan fingerprint density at radius 3 is 2.62 bits per heavy atom. The van der Waals surface area contributed by atoms with Crippen molar-refractivity contribution in [1.29, 1.82) is 0 Å². The van der Waals surface area contributed by atoms with Crippen LogP contribution in [0.4, 0.5) is 4.39 Å². The van der Waals surface area contributed by atoms with Gasteiger partial charge in [0.2, 0.25) is 0 Å². The topological polar surface area (TPSA) is 65.0 Å². The number of hydrogen-bond donors (Lipinski definition) is 1. The van der Waals surface area contributed by atoms with Crippen LogP contribution in [0.15, 0.2) is 42.5 Å². The van der Waals surface area contributed by atoms with Gasteiger partial charge in [-0.05, 0) is 79.3 Å². The van der Waals surface area contributed by atoms with Gasteiger partial charge in [-0.25, -0.2) is 4.39 Å². The molecule has 0 aliphatic heterocycles. The maximum atomic E-state index is 13.9. The first-order chi connectivity index (χ1) is 15.4. The van der Waals surface area contributed by atoms with Crippen molar-refractivity contribution in [1.82, 2.24) is 0 Å². The molecule has 6 heteroatoms. The van der Waals surface area contributed by atoms with E-state index in [0.717, 1.165) is 37.0 Å². The van der Waals surface area contributed by atoms with Crippen molar-refractivity contribution in [3.63, 3.8) is 0 Å². The molecule has 0 heterocycles. The number of halogens is 1. The van der Waals surface area contributed by atoms with Crippen LogP contribution in [-0.2, 0) is 16.1 Å². The summed E-state index contributed by atoms with van der Waals surface area (Å²) in [6, 6.07) is 12.6. The van der Waals surface area contributed by atoms with Crippen LogP contribution in [-0.4, -0.2) is 30.9 Å². The Bertz CT molecular complexity index is 936. The van der Waals surface area contributed by atoms with E-state index in [0.29, 0.717) is 29.8 Å². The van der Waals surface area contributed by atoms with E-state index < -0.39 is 11.9 Å². The van der Waals surface area contributed by atoms with Crippen LogP contribution in [0.2, 0.25) is 0 Å². The predicted molar refractivity (Wildman–Crippen MR) is 118 cm³/mol. The molecule has 0 spiro atoms. The minimum absolute atomic E-state index is 0.0366. The molecule has 2 saturated carbocycles. The average molecular weight is 443 g/mol. The molecule has 32 heavy (non-hydrogen) atoms. The molecule has 4 rings (SSSR count). The number of methoxy groups -OCH3 is 1. The summed E-state index contributed by atoms with van der Waals surface area (Å²) in [5.74, 6) is 0.856. The quantitative estimate of drug-likeness (QED) is 0.503. The Morgan fingerprint density at radius 2 is 1.94 bits per heavy atom. The van der Waals surface area contributed by atoms with E-state index in [1.54, 1.807) is 26.2 Å². The lowest BCUT2D eigenvalue weighted by atomic mass is 9.82. The summed E-state index contributed by atoms with van der Waals surface area (Å²) in [6.07, 6.45) is 4.06. The standard InChI is InChI=1S/C26H31FO5/c1-16(26(28)29)25(18-6-7-18)19-4-3-5-22(12-19)31-14-17-10-23(11-17)32-15-20-13-21(30-2)8-9-24(20)27/h3-5,8-9,12-13,16-18,23,25H,6-7,10-11,14-15H2,1-2H3,(H,28,29)/t16-,17?,23?,25-/m0/s1.